The van der Waals surface area contributed by atoms with Crippen molar-refractivity contribution in [2.24, 2.45) is 0 Å². The van der Waals surface area contributed by atoms with E-state index in [4.69, 9.17) is 9.97 Å². The lowest BCUT2D eigenvalue weighted by Gasteiger charge is -2.36. The van der Waals surface area contributed by atoms with Crippen molar-refractivity contribution >= 4 is 29.1 Å². The second kappa shape index (κ2) is 8.74. The van der Waals surface area contributed by atoms with Crippen molar-refractivity contribution in [3.8, 4) is 11.3 Å². The molecule has 4 heterocycles. The molecule has 2 aliphatic heterocycles. The summed E-state index contributed by atoms with van der Waals surface area (Å²) >= 11 is 1.44. The average Bonchev–Trinajstić information content (AvgIpc) is 3.26. The van der Waals surface area contributed by atoms with Crippen molar-refractivity contribution in [2.75, 3.05) is 54.0 Å². The van der Waals surface area contributed by atoms with Crippen LogP contribution < -0.4 is 14.7 Å². The molecule has 0 aliphatic carbocycles. The lowest BCUT2D eigenvalue weighted by molar-refractivity contribution is 0.567. The van der Waals surface area contributed by atoms with Gasteiger partial charge in [0.15, 0.2) is 5.82 Å². The van der Waals surface area contributed by atoms with E-state index in [-0.39, 0.29) is 5.82 Å². The molecule has 0 amide bonds. The van der Waals surface area contributed by atoms with Crippen LogP contribution in [0.15, 0.2) is 30.3 Å². The first-order valence-electron chi connectivity index (χ1n) is 10.9. The molecule has 2 aromatic heterocycles. The van der Waals surface area contributed by atoms with Crippen molar-refractivity contribution in [3.05, 3.63) is 41.0 Å². The maximum atomic E-state index is 13.5. The molecule has 1 aromatic carbocycles. The Bertz CT molecular complexity index is 1020. The monoisotopic (exact) mass is 439 g/mol. The van der Waals surface area contributed by atoms with Gasteiger partial charge in [0.25, 0.3) is 0 Å². The van der Waals surface area contributed by atoms with Crippen LogP contribution in [0.1, 0.15) is 24.1 Å². The third-order valence-corrected chi connectivity index (χ3v) is 6.63. The number of piperazine rings is 1. The minimum Gasteiger partial charge on any atom is -0.353 e. The number of benzene rings is 1. The van der Waals surface area contributed by atoms with E-state index in [2.05, 4.69) is 31.2 Å². The summed E-state index contributed by atoms with van der Waals surface area (Å²) in [6.45, 7) is 7.50. The van der Waals surface area contributed by atoms with Gasteiger partial charge >= 0.3 is 0 Å². The summed E-state index contributed by atoms with van der Waals surface area (Å²) < 4.78 is 17.5. The molecule has 5 rings (SSSR count). The summed E-state index contributed by atoms with van der Waals surface area (Å²) in [6.07, 6.45) is 3.59. The predicted octanol–water partition coefficient (Wildman–Crippen LogP) is 3.76. The Morgan fingerprint density at radius 3 is 2.23 bits per heavy atom. The largest absolute Gasteiger partial charge is 0.353 e. The van der Waals surface area contributed by atoms with Gasteiger partial charge in [-0.05, 0) is 62.0 Å². The van der Waals surface area contributed by atoms with Crippen LogP contribution in [0.2, 0.25) is 0 Å². The van der Waals surface area contributed by atoms with Crippen molar-refractivity contribution in [3.63, 3.8) is 0 Å². The molecule has 0 spiro atoms. The Kier molecular flexibility index (Phi) is 5.67. The molecule has 162 valence electrons. The Hall–Kier alpha value is -2.81. The van der Waals surface area contributed by atoms with E-state index >= 15 is 0 Å². The predicted molar refractivity (Wildman–Crippen MR) is 123 cm³/mol. The number of halogens is 1. The fourth-order valence-electron chi connectivity index (χ4n) is 4.25. The molecule has 2 fully saturated rings. The summed E-state index contributed by atoms with van der Waals surface area (Å²) in [7, 11) is 0. The molecule has 0 saturated carbocycles. The average molecular weight is 440 g/mol. The normalized spacial score (nSPS) is 17.3. The highest BCUT2D eigenvalue weighted by molar-refractivity contribution is 7.05. The van der Waals surface area contributed by atoms with Gasteiger partial charge < -0.3 is 14.7 Å². The number of anilines is 3. The number of nitrogens with zero attached hydrogens (tertiary/aromatic N) is 7. The highest BCUT2D eigenvalue weighted by Gasteiger charge is 2.24. The maximum absolute atomic E-state index is 13.5. The number of hydrogen-bond donors (Lipinski definition) is 0. The van der Waals surface area contributed by atoms with E-state index in [1.807, 2.05) is 6.07 Å². The molecule has 0 N–H and O–H groups in total. The van der Waals surface area contributed by atoms with Gasteiger partial charge in [-0.2, -0.15) is 4.98 Å². The number of hydrogen-bond acceptors (Lipinski definition) is 8. The summed E-state index contributed by atoms with van der Waals surface area (Å²) in [6, 6.07) is 8.59. The standard InChI is InChI=1S/C22H26FN7S/c1-16-21(26-27-31-16)29-13-11-28(12-14-29)20-15-19(17-5-7-18(23)8-6-17)24-22(25-20)30-9-3-2-4-10-30/h5-8,15H,2-4,9-14H2,1H3. The lowest BCUT2D eigenvalue weighted by atomic mass is 10.1. The highest BCUT2D eigenvalue weighted by atomic mass is 32.1. The summed E-state index contributed by atoms with van der Waals surface area (Å²) in [5.74, 6) is 2.46. The third-order valence-electron chi connectivity index (χ3n) is 6.01. The zero-order valence-corrected chi connectivity index (χ0v) is 18.5. The van der Waals surface area contributed by atoms with Gasteiger partial charge in [0, 0.05) is 50.9 Å². The first-order valence-corrected chi connectivity index (χ1v) is 11.6. The van der Waals surface area contributed by atoms with Crippen LogP contribution >= 0.6 is 11.5 Å². The minimum absolute atomic E-state index is 0.239. The van der Waals surface area contributed by atoms with Crippen LogP contribution in [0.3, 0.4) is 0 Å². The van der Waals surface area contributed by atoms with Crippen LogP contribution in [0.25, 0.3) is 11.3 Å². The Morgan fingerprint density at radius 2 is 1.55 bits per heavy atom. The summed E-state index contributed by atoms with van der Waals surface area (Å²) in [5, 5.41) is 4.29. The molecule has 7 nitrogen and oxygen atoms in total. The molecular weight excluding hydrogens is 413 g/mol. The van der Waals surface area contributed by atoms with Crippen LogP contribution in [0.5, 0.6) is 0 Å². The Labute approximate surface area is 185 Å². The van der Waals surface area contributed by atoms with Gasteiger partial charge in [-0.15, -0.1) is 5.10 Å². The Morgan fingerprint density at radius 1 is 0.839 bits per heavy atom. The molecule has 0 radical (unpaired) electrons. The Balaban J connectivity index is 1.42. The maximum Gasteiger partial charge on any atom is 0.227 e. The fourth-order valence-corrected chi connectivity index (χ4v) is 4.74. The SMILES string of the molecule is Cc1snnc1N1CCN(c2cc(-c3ccc(F)cc3)nc(N3CCCCC3)n2)CC1. The van der Waals surface area contributed by atoms with Crippen LogP contribution in [0, 0.1) is 12.7 Å². The summed E-state index contributed by atoms with van der Waals surface area (Å²) in [5.41, 5.74) is 1.75. The molecule has 3 aromatic rings. The first-order chi connectivity index (χ1) is 15.2. The second-order valence-electron chi connectivity index (χ2n) is 8.09. The molecule has 31 heavy (non-hydrogen) atoms. The van der Waals surface area contributed by atoms with Gasteiger partial charge in [-0.3, -0.25) is 0 Å². The van der Waals surface area contributed by atoms with E-state index in [0.717, 1.165) is 73.0 Å². The number of piperidine rings is 1. The molecule has 2 aliphatic rings. The minimum atomic E-state index is -0.239. The molecule has 0 atom stereocenters. The van der Waals surface area contributed by atoms with E-state index in [9.17, 15) is 4.39 Å². The van der Waals surface area contributed by atoms with E-state index < -0.39 is 0 Å². The van der Waals surface area contributed by atoms with Crippen LogP contribution in [-0.2, 0) is 0 Å². The second-order valence-corrected chi connectivity index (χ2v) is 9.05. The van der Waals surface area contributed by atoms with Crippen molar-refractivity contribution in [1.82, 2.24) is 19.6 Å². The van der Waals surface area contributed by atoms with E-state index in [1.165, 1.54) is 42.9 Å². The zero-order chi connectivity index (χ0) is 21.2. The lowest BCUT2D eigenvalue weighted by Crippen LogP contribution is -2.47. The highest BCUT2D eigenvalue weighted by Crippen LogP contribution is 2.28. The van der Waals surface area contributed by atoms with Crippen LogP contribution in [0.4, 0.5) is 22.0 Å². The first kappa shape index (κ1) is 20.1. The molecular formula is C22H26FN7S. The van der Waals surface area contributed by atoms with Crippen LogP contribution in [-0.4, -0.2) is 58.8 Å². The third kappa shape index (κ3) is 4.32. The number of aromatic nitrogens is 4. The molecule has 9 heteroatoms. The topological polar surface area (TPSA) is 61.3 Å². The van der Waals surface area contributed by atoms with Gasteiger partial charge in [0.2, 0.25) is 5.95 Å². The van der Waals surface area contributed by atoms with Gasteiger partial charge in [0.1, 0.15) is 11.6 Å². The van der Waals surface area contributed by atoms with E-state index in [1.54, 1.807) is 12.1 Å². The van der Waals surface area contributed by atoms with E-state index in [0.29, 0.717) is 0 Å². The van der Waals surface area contributed by atoms with Crippen molar-refractivity contribution in [2.45, 2.75) is 26.2 Å². The fraction of sp³-hybridized carbons (Fsp3) is 0.455. The van der Waals surface area contributed by atoms with Crippen molar-refractivity contribution in [1.29, 1.82) is 0 Å². The molecule has 2 saturated heterocycles. The molecule has 0 unspecified atom stereocenters. The molecule has 0 bridgehead atoms. The summed E-state index contributed by atoms with van der Waals surface area (Å²) in [4.78, 5) is 17.8. The zero-order valence-electron chi connectivity index (χ0n) is 17.7. The van der Waals surface area contributed by atoms with Crippen molar-refractivity contribution < 1.29 is 4.39 Å². The quantitative estimate of drug-likeness (QED) is 0.613. The van der Waals surface area contributed by atoms with Gasteiger partial charge in [-0.25, -0.2) is 9.37 Å². The van der Waals surface area contributed by atoms with Gasteiger partial charge in [-0.1, -0.05) is 4.49 Å². The van der Waals surface area contributed by atoms with Gasteiger partial charge in [0.05, 0.1) is 10.6 Å². The smallest absolute Gasteiger partial charge is 0.227 e. The number of rotatable bonds is 4. The number of aryl methyl sites for hydroxylation is 1.